The molecule has 130 valence electrons. The summed E-state index contributed by atoms with van der Waals surface area (Å²) in [6, 6.07) is 9.64. The van der Waals surface area contributed by atoms with Crippen molar-refractivity contribution in [2.24, 2.45) is 0 Å². The largest absolute Gasteiger partial charge is 0.445 e. The van der Waals surface area contributed by atoms with Gasteiger partial charge >= 0.3 is 6.09 Å². The molecule has 0 aromatic heterocycles. The van der Waals surface area contributed by atoms with E-state index in [4.69, 9.17) is 9.47 Å². The molecule has 1 saturated heterocycles. The standard InChI is InChI=1S/C19H24FNO3/c20-9-5-4-8-16-10-17-13-23-14-18(11-16)21(17)19(22)24-12-15-6-2-1-3-7-15/h1-3,6-7,10,17-18H,4-5,8-9,11-14H2. The summed E-state index contributed by atoms with van der Waals surface area (Å²) in [5.41, 5.74) is 2.29. The number of hydrogen-bond donors (Lipinski definition) is 0. The van der Waals surface area contributed by atoms with Crippen LogP contribution in [0.3, 0.4) is 0 Å². The van der Waals surface area contributed by atoms with Gasteiger partial charge in [-0.2, -0.15) is 0 Å². The van der Waals surface area contributed by atoms with Gasteiger partial charge in [0.1, 0.15) is 6.61 Å². The minimum absolute atomic E-state index is 0.0254. The average molecular weight is 333 g/mol. The van der Waals surface area contributed by atoms with Crippen LogP contribution in [0.15, 0.2) is 42.0 Å². The van der Waals surface area contributed by atoms with Crippen molar-refractivity contribution in [1.82, 2.24) is 4.90 Å². The van der Waals surface area contributed by atoms with Crippen molar-refractivity contribution in [3.63, 3.8) is 0 Å². The Morgan fingerprint density at radius 3 is 2.83 bits per heavy atom. The van der Waals surface area contributed by atoms with E-state index in [1.807, 2.05) is 35.2 Å². The third kappa shape index (κ3) is 4.15. The molecule has 0 radical (unpaired) electrons. The first-order chi connectivity index (χ1) is 11.8. The summed E-state index contributed by atoms with van der Waals surface area (Å²) >= 11 is 0. The van der Waals surface area contributed by atoms with Gasteiger partial charge in [-0.05, 0) is 31.2 Å². The minimum atomic E-state index is -0.281. The molecule has 1 amide bonds. The molecule has 2 aliphatic rings. The van der Waals surface area contributed by atoms with Gasteiger partial charge in [-0.25, -0.2) is 4.79 Å². The van der Waals surface area contributed by atoms with Crippen molar-refractivity contribution in [3.05, 3.63) is 47.5 Å². The molecule has 2 aliphatic heterocycles. The maximum absolute atomic E-state index is 12.5. The second kappa shape index (κ2) is 8.29. The Morgan fingerprint density at radius 1 is 1.25 bits per heavy atom. The first kappa shape index (κ1) is 17.0. The van der Waals surface area contributed by atoms with Crippen LogP contribution < -0.4 is 0 Å². The zero-order valence-electron chi connectivity index (χ0n) is 13.8. The van der Waals surface area contributed by atoms with Crippen molar-refractivity contribution in [1.29, 1.82) is 0 Å². The number of nitrogens with zero attached hydrogens (tertiary/aromatic N) is 1. The maximum atomic E-state index is 12.5. The number of hydrogen-bond acceptors (Lipinski definition) is 3. The van der Waals surface area contributed by atoms with Gasteiger partial charge < -0.3 is 9.47 Å². The fourth-order valence-electron chi connectivity index (χ4n) is 3.39. The molecule has 2 heterocycles. The summed E-state index contributed by atoms with van der Waals surface area (Å²) in [6.07, 6.45) is 4.99. The number of unbranched alkanes of at least 4 members (excludes halogenated alkanes) is 1. The highest BCUT2D eigenvalue weighted by Gasteiger charge is 2.38. The van der Waals surface area contributed by atoms with Crippen molar-refractivity contribution in [3.8, 4) is 0 Å². The summed E-state index contributed by atoms with van der Waals surface area (Å²) in [7, 11) is 0. The van der Waals surface area contributed by atoms with E-state index < -0.39 is 0 Å². The van der Waals surface area contributed by atoms with E-state index in [0.717, 1.165) is 24.8 Å². The zero-order chi connectivity index (χ0) is 16.8. The number of halogens is 1. The first-order valence-electron chi connectivity index (χ1n) is 8.60. The molecule has 3 rings (SSSR count). The van der Waals surface area contributed by atoms with E-state index in [1.54, 1.807) is 0 Å². The van der Waals surface area contributed by atoms with Crippen LogP contribution in [0.25, 0.3) is 0 Å². The number of fused-ring (bicyclic) bond motifs is 2. The minimum Gasteiger partial charge on any atom is -0.445 e. The zero-order valence-corrected chi connectivity index (χ0v) is 13.8. The Bertz CT molecular complexity index is 575. The molecule has 1 fully saturated rings. The van der Waals surface area contributed by atoms with Crippen LogP contribution in [0.4, 0.5) is 9.18 Å². The van der Waals surface area contributed by atoms with Gasteiger partial charge in [-0.15, -0.1) is 0 Å². The van der Waals surface area contributed by atoms with Gasteiger partial charge in [-0.3, -0.25) is 9.29 Å². The third-order valence-corrected chi connectivity index (χ3v) is 4.57. The number of carbonyl (C=O) groups excluding carboxylic acids is 1. The molecule has 2 unspecified atom stereocenters. The molecule has 0 N–H and O–H groups in total. The Balaban J connectivity index is 1.60. The lowest BCUT2D eigenvalue weighted by atomic mass is 9.91. The molecular weight excluding hydrogens is 309 g/mol. The fourth-order valence-corrected chi connectivity index (χ4v) is 3.39. The van der Waals surface area contributed by atoms with Gasteiger partial charge in [-0.1, -0.05) is 42.0 Å². The van der Waals surface area contributed by atoms with Crippen LogP contribution in [0.5, 0.6) is 0 Å². The van der Waals surface area contributed by atoms with E-state index in [0.29, 0.717) is 19.6 Å². The molecule has 2 bridgehead atoms. The number of amides is 1. The number of rotatable bonds is 6. The molecular formula is C19H24FNO3. The Kier molecular flexibility index (Phi) is 5.86. The molecule has 2 atom stereocenters. The quantitative estimate of drug-likeness (QED) is 0.586. The Morgan fingerprint density at radius 2 is 2.08 bits per heavy atom. The average Bonchev–Trinajstić information content (AvgIpc) is 2.60. The lowest BCUT2D eigenvalue weighted by Gasteiger charge is -2.43. The maximum Gasteiger partial charge on any atom is 0.411 e. The van der Waals surface area contributed by atoms with Crippen molar-refractivity contribution in [2.75, 3.05) is 19.9 Å². The van der Waals surface area contributed by atoms with Crippen LogP contribution in [0.2, 0.25) is 0 Å². The summed E-state index contributed by atoms with van der Waals surface area (Å²) in [6.45, 7) is 1.06. The van der Waals surface area contributed by atoms with E-state index in [2.05, 4.69) is 6.08 Å². The van der Waals surface area contributed by atoms with E-state index in [9.17, 15) is 9.18 Å². The Labute approximate surface area is 142 Å². The first-order valence-corrected chi connectivity index (χ1v) is 8.60. The number of ether oxygens (including phenoxy) is 2. The fraction of sp³-hybridized carbons (Fsp3) is 0.526. The van der Waals surface area contributed by atoms with E-state index in [1.165, 1.54) is 5.57 Å². The molecule has 1 aromatic carbocycles. The van der Waals surface area contributed by atoms with Crippen LogP contribution in [-0.4, -0.2) is 43.0 Å². The molecule has 0 aliphatic carbocycles. The number of morpholine rings is 1. The summed E-state index contributed by atoms with van der Waals surface area (Å²) < 4.78 is 23.4. The molecule has 5 heteroatoms. The van der Waals surface area contributed by atoms with Crippen molar-refractivity contribution in [2.45, 2.75) is 44.4 Å². The van der Waals surface area contributed by atoms with Crippen LogP contribution in [0.1, 0.15) is 31.2 Å². The lowest BCUT2D eigenvalue weighted by molar-refractivity contribution is -0.0375. The number of benzene rings is 1. The topological polar surface area (TPSA) is 38.8 Å². The predicted molar refractivity (Wildman–Crippen MR) is 89.4 cm³/mol. The Hall–Kier alpha value is -1.88. The van der Waals surface area contributed by atoms with Crippen molar-refractivity contribution >= 4 is 6.09 Å². The van der Waals surface area contributed by atoms with E-state index >= 15 is 0 Å². The number of alkyl halides is 1. The second-order valence-electron chi connectivity index (χ2n) is 6.38. The molecule has 4 nitrogen and oxygen atoms in total. The van der Waals surface area contributed by atoms with Gasteiger partial charge in [0.2, 0.25) is 0 Å². The smallest absolute Gasteiger partial charge is 0.411 e. The summed E-state index contributed by atoms with van der Waals surface area (Å²) in [5, 5.41) is 0. The van der Waals surface area contributed by atoms with Gasteiger partial charge in [0.05, 0.1) is 32.0 Å². The predicted octanol–water partition coefficient (Wildman–Crippen LogP) is 3.86. The normalized spacial score (nSPS) is 22.9. The van der Waals surface area contributed by atoms with Crippen molar-refractivity contribution < 1.29 is 18.7 Å². The monoisotopic (exact) mass is 333 g/mol. The van der Waals surface area contributed by atoms with Gasteiger partial charge in [0, 0.05) is 0 Å². The van der Waals surface area contributed by atoms with Gasteiger partial charge in [0.25, 0.3) is 0 Å². The highest BCUT2D eigenvalue weighted by atomic mass is 19.1. The molecule has 0 saturated carbocycles. The summed E-state index contributed by atoms with van der Waals surface area (Å²) in [5.74, 6) is 0. The SMILES string of the molecule is O=C(OCc1ccccc1)N1C2C=C(CCCCF)CC1COC2. The van der Waals surface area contributed by atoms with Crippen LogP contribution in [-0.2, 0) is 16.1 Å². The molecule has 1 aromatic rings. The van der Waals surface area contributed by atoms with Crippen LogP contribution in [0, 0.1) is 0 Å². The van der Waals surface area contributed by atoms with Gasteiger partial charge in [0.15, 0.2) is 0 Å². The molecule has 24 heavy (non-hydrogen) atoms. The highest BCUT2D eigenvalue weighted by Crippen LogP contribution is 2.30. The number of carbonyl (C=O) groups is 1. The van der Waals surface area contributed by atoms with E-state index in [-0.39, 0.29) is 31.5 Å². The third-order valence-electron chi connectivity index (χ3n) is 4.57. The second-order valence-corrected chi connectivity index (χ2v) is 6.38. The summed E-state index contributed by atoms with van der Waals surface area (Å²) in [4.78, 5) is 14.3. The van der Waals surface area contributed by atoms with Crippen LogP contribution >= 0.6 is 0 Å². The highest BCUT2D eigenvalue weighted by molar-refractivity contribution is 5.69. The lowest BCUT2D eigenvalue weighted by Crippen LogP contribution is -2.56. The molecule has 0 spiro atoms.